The number of carboxylic acids is 1. The number of carbonyl (C=O) groups is 1. The van der Waals surface area contributed by atoms with Gasteiger partial charge in [-0.05, 0) is 70.4 Å². The van der Waals surface area contributed by atoms with Crippen LogP contribution in [0.25, 0.3) is 0 Å². The molecule has 0 amide bonds. The first-order chi connectivity index (χ1) is 13.8. The van der Waals surface area contributed by atoms with E-state index < -0.39 is 12.1 Å². The van der Waals surface area contributed by atoms with E-state index in [4.69, 9.17) is 9.73 Å². The normalized spacial score (nSPS) is 20.5. The summed E-state index contributed by atoms with van der Waals surface area (Å²) in [6.07, 6.45) is -0.784. The van der Waals surface area contributed by atoms with Gasteiger partial charge in [0.25, 0.3) is 0 Å². The van der Waals surface area contributed by atoms with Gasteiger partial charge in [0, 0.05) is 41.4 Å². The summed E-state index contributed by atoms with van der Waals surface area (Å²) >= 11 is 2.53. The molecule has 8 heteroatoms. The first-order valence-electron chi connectivity index (χ1n) is 9.44. The van der Waals surface area contributed by atoms with Crippen LogP contribution >= 0.6 is 28.9 Å². The van der Waals surface area contributed by atoms with E-state index in [0.29, 0.717) is 19.7 Å². The molecular weight excluding hydrogens is 501 g/mol. The fraction of sp³-hybridized carbons (Fsp3) is 0.381. The summed E-state index contributed by atoms with van der Waals surface area (Å²) < 4.78 is 6.64. The van der Waals surface area contributed by atoms with Crippen molar-refractivity contribution in [3.63, 3.8) is 0 Å². The number of benzene rings is 2. The molecule has 1 saturated heterocycles. The van der Waals surface area contributed by atoms with Crippen LogP contribution < -0.4 is 15.2 Å². The van der Waals surface area contributed by atoms with Crippen molar-refractivity contribution < 1.29 is 14.6 Å². The molecule has 2 aliphatic rings. The van der Waals surface area contributed by atoms with Crippen LogP contribution in [0.3, 0.4) is 0 Å². The molecule has 0 aliphatic carbocycles. The van der Waals surface area contributed by atoms with Crippen molar-refractivity contribution in [1.29, 1.82) is 0 Å². The number of halogens is 1. The predicted molar refractivity (Wildman–Crippen MR) is 126 cm³/mol. The number of hydrogen-bond donors (Lipinski definition) is 1. The van der Waals surface area contributed by atoms with E-state index in [0.717, 1.165) is 22.3 Å². The monoisotopic (exact) mass is 525 g/mol. The lowest BCUT2D eigenvalue weighted by molar-refractivity contribution is -0.150. The van der Waals surface area contributed by atoms with Crippen molar-refractivity contribution in [1.82, 2.24) is 0 Å². The smallest absolute Gasteiger partial charge is 0.334 e. The molecule has 2 aromatic carbocycles. The van der Waals surface area contributed by atoms with Crippen molar-refractivity contribution in [3.8, 4) is 0 Å². The maximum atomic E-state index is 11.4. The maximum Gasteiger partial charge on any atom is 0.334 e. The SMILES string of the molecule is Cc1cc(N2CCOC(C(=O)O)C2)cc2c1N=c1c(C)cc(N(C)C)cc1=S2I. The molecule has 1 fully saturated rings. The molecule has 2 atom stereocenters. The van der Waals surface area contributed by atoms with Gasteiger partial charge in [-0.25, -0.2) is 9.79 Å². The van der Waals surface area contributed by atoms with E-state index in [1.54, 1.807) is 0 Å². The van der Waals surface area contributed by atoms with Gasteiger partial charge in [-0.2, -0.15) is 0 Å². The predicted octanol–water partition coefficient (Wildman–Crippen LogP) is 3.85. The molecule has 2 aliphatic heterocycles. The lowest BCUT2D eigenvalue weighted by atomic mass is 10.1. The number of hydrogen-bond acceptors (Lipinski definition) is 5. The number of carboxylic acid groups (broad SMARTS) is 1. The zero-order chi connectivity index (χ0) is 20.9. The second kappa shape index (κ2) is 7.88. The van der Waals surface area contributed by atoms with Crippen LogP contribution in [-0.2, 0) is 9.53 Å². The third kappa shape index (κ3) is 3.77. The molecule has 0 spiro atoms. The first kappa shape index (κ1) is 20.6. The molecule has 29 heavy (non-hydrogen) atoms. The average Bonchev–Trinajstić information content (AvgIpc) is 2.69. The molecule has 2 unspecified atom stereocenters. The highest BCUT2D eigenvalue weighted by Gasteiger charge is 2.27. The van der Waals surface area contributed by atoms with Crippen molar-refractivity contribution >= 4 is 51.9 Å². The number of rotatable bonds is 3. The van der Waals surface area contributed by atoms with Gasteiger partial charge in [0.1, 0.15) is 0 Å². The van der Waals surface area contributed by atoms with Crippen LogP contribution in [0.1, 0.15) is 11.1 Å². The third-order valence-electron chi connectivity index (χ3n) is 5.33. The third-order valence-corrected chi connectivity index (χ3v) is 9.58. The van der Waals surface area contributed by atoms with Crippen LogP contribution in [0.2, 0.25) is 0 Å². The van der Waals surface area contributed by atoms with Crippen molar-refractivity contribution in [3.05, 3.63) is 45.3 Å². The summed E-state index contributed by atoms with van der Waals surface area (Å²) in [5.41, 5.74) is 5.57. The highest BCUT2D eigenvalue weighted by molar-refractivity contribution is 14.2. The molecule has 0 saturated carbocycles. The lowest BCUT2D eigenvalue weighted by Crippen LogP contribution is -2.46. The van der Waals surface area contributed by atoms with Crippen LogP contribution in [0.4, 0.5) is 17.1 Å². The number of nitrogens with zero attached hydrogens (tertiary/aromatic N) is 3. The van der Waals surface area contributed by atoms with Gasteiger partial charge in [0.15, 0.2) is 6.10 Å². The average molecular weight is 525 g/mol. The van der Waals surface area contributed by atoms with E-state index in [2.05, 4.69) is 83.2 Å². The molecule has 0 bridgehead atoms. The van der Waals surface area contributed by atoms with E-state index in [1.165, 1.54) is 20.7 Å². The Labute approximate surface area is 184 Å². The second-order valence-corrected chi connectivity index (χ2v) is 11.7. The van der Waals surface area contributed by atoms with Crippen LogP contribution in [0, 0.1) is 18.4 Å². The van der Waals surface area contributed by atoms with Gasteiger partial charge >= 0.3 is 5.97 Å². The Balaban J connectivity index is 1.84. The number of ether oxygens (including phenoxy) is 1. The molecule has 154 valence electrons. The van der Waals surface area contributed by atoms with Gasteiger partial charge in [0.05, 0.1) is 24.2 Å². The molecule has 6 nitrogen and oxygen atoms in total. The number of anilines is 2. The van der Waals surface area contributed by atoms with Gasteiger partial charge in [-0.3, -0.25) is 0 Å². The molecule has 0 aromatic heterocycles. The Hall–Kier alpha value is -1.65. The molecule has 2 aromatic rings. The first-order valence-corrected chi connectivity index (χ1v) is 13.2. The fourth-order valence-electron chi connectivity index (χ4n) is 3.72. The summed E-state index contributed by atoms with van der Waals surface area (Å²) in [6.45, 7) is 5.68. The minimum atomic E-state index is -0.909. The molecule has 0 radical (unpaired) electrons. The van der Waals surface area contributed by atoms with Gasteiger partial charge in [0.2, 0.25) is 0 Å². The standard InChI is InChI=1S/C21H24IN3O3S/c1-12-7-14(24(3)4)9-17-19(12)23-20-13(2)8-15(10-18(20)29(17)22)25-5-6-28-16(11-25)21(26)27/h7-10,16H,5-6,11H2,1-4H3,(H,26,27). The Morgan fingerprint density at radius 1 is 1.28 bits per heavy atom. The van der Waals surface area contributed by atoms with E-state index in [9.17, 15) is 9.90 Å². The zero-order valence-corrected chi connectivity index (χ0v) is 19.9. The Bertz CT molecular complexity index is 1130. The summed E-state index contributed by atoms with van der Waals surface area (Å²) in [4.78, 5) is 21.8. The quantitative estimate of drug-likeness (QED) is 0.488. The van der Waals surface area contributed by atoms with Crippen LogP contribution in [0.15, 0.2) is 34.2 Å². The maximum absolute atomic E-state index is 11.4. The van der Waals surface area contributed by atoms with Crippen molar-refractivity contribution in [2.75, 3.05) is 43.6 Å². The highest BCUT2D eigenvalue weighted by Crippen LogP contribution is 2.48. The molecule has 4 rings (SSSR count). The number of morpholine rings is 1. The second-order valence-electron chi connectivity index (χ2n) is 7.63. The van der Waals surface area contributed by atoms with Crippen molar-refractivity contribution in [2.24, 2.45) is 4.99 Å². The largest absolute Gasteiger partial charge is 0.479 e. The molecular formula is C21H24IN3O3S. The summed E-state index contributed by atoms with van der Waals surface area (Å²) in [5, 5.41) is 10.4. The van der Waals surface area contributed by atoms with Gasteiger partial charge in [-0.15, -0.1) is 0 Å². The fourth-order valence-corrected chi connectivity index (χ4v) is 7.17. The topological polar surface area (TPSA) is 65.4 Å². The number of aryl methyl sites for hydroxylation is 2. The van der Waals surface area contributed by atoms with E-state index >= 15 is 0 Å². The molecule has 2 heterocycles. The minimum absolute atomic E-state index is 0.144. The van der Waals surface area contributed by atoms with E-state index in [-0.39, 0.29) is 7.66 Å². The van der Waals surface area contributed by atoms with E-state index in [1.807, 2.05) is 0 Å². The van der Waals surface area contributed by atoms with Crippen LogP contribution in [0.5, 0.6) is 0 Å². The van der Waals surface area contributed by atoms with Crippen LogP contribution in [-0.4, -0.2) is 51.0 Å². The van der Waals surface area contributed by atoms with Gasteiger partial charge < -0.3 is 19.6 Å². The summed E-state index contributed by atoms with van der Waals surface area (Å²) in [5.74, 6) is -0.909. The Morgan fingerprint density at radius 3 is 2.72 bits per heavy atom. The summed E-state index contributed by atoms with van der Waals surface area (Å²) in [6, 6.07) is 8.73. The Morgan fingerprint density at radius 2 is 2.03 bits per heavy atom. The number of aliphatic carboxylic acids is 1. The Kier molecular flexibility index (Phi) is 5.60. The van der Waals surface area contributed by atoms with Crippen molar-refractivity contribution in [2.45, 2.75) is 24.8 Å². The summed E-state index contributed by atoms with van der Waals surface area (Å²) in [7, 11) is 3.97. The number of fused-ring (bicyclic) bond motifs is 2. The van der Waals surface area contributed by atoms with Gasteiger partial charge in [-0.1, -0.05) is 7.66 Å². The zero-order valence-electron chi connectivity index (χ0n) is 16.9. The highest BCUT2D eigenvalue weighted by atomic mass is 127. The lowest BCUT2D eigenvalue weighted by Gasteiger charge is -2.33. The minimum Gasteiger partial charge on any atom is -0.479 e. The molecule has 1 N–H and O–H groups in total.